The van der Waals surface area contributed by atoms with Crippen molar-refractivity contribution in [3.63, 3.8) is 0 Å². The number of fused-ring (bicyclic) bond motifs is 1. The van der Waals surface area contributed by atoms with E-state index in [1.165, 1.54) is 36.5 Å². The predicted octanol–water partition coefficient (Wildman–Crippen LogP) is 4.89. The fourth-order valence-electron chi connectivity index (χ4n) is 3.16. The molecule has 30 heavy (non-hydrogen) atoms. The Morgan fingerprint density at radius 3 is 2.63 bits per heavy atom. The summed E-state index contributed by atoms with van der Waals surface area (Å²) in [7, 11) is 0. The average molecular weight is 418 g/mol. The average Bonchev–Trinajstić information content (AvgIpc) is 3.23. The van der Waals surface area contributed by atoms with Crippen LogP contribution in [0.2, 0.25) is 0 Å². The third-order valence-electron chi connectivity index (χ3n) is 4.73. The van der Waals surface area contributed by atoms with E-state index in [1.807, 2.05) is 42.5 Å². The van der Waals surface area contributed by atoms with E-state index in [2.05, 4.69) is 39.4 Å². The Balaban J connectivity index is 1.41. The van der Waals surface area contributed by atoms with Gasteiger partial charge in [0.05, 0.1) is 23.0 Å². The van der Waals surface area contributed by atoms with Crippen LogP contribution in [-0.2, 0) is 11.2 Å². The molecule has 6 nitrogen and oxygen atoms in total. The van der Waals surface area contributed by atoms with Gasteiger partial charge in [0.1, 0.15) is 11.4 Å². The summed E-state index contributed by atoms with van der Waals surface area (Å²) in [5.74, 6) is 0.198. The number of aromatic nitrogens is 4. The zero-order valence-corrected chi connectivity index (χ0v) is 17.6. The topological polar surface area (TPSA) is 72.7 Å². The number of nitrogens with zero attached hydrogens (tertiary/aromatic N) is 4. The van der Waals surface area contributed by atoms with Crippen molar-refractivity contribution in [3.05, 3.63) is 72.7 Å². The molecule has 0 unspecified atom stereocenters. The van der Waals surface area contributed by atoms with Gasteiger partial charge in [-0.1, -0.05) is 55.4 Å². The van der Waals surface area contributed by atoms with Gasteiger partial charge < -0.3 is 5.32 Å². The molecule has 0 radical (unpaired) electrons. The van der Waals surface area contributed by atoms with Crippen molar-refractivity contribution in [2.24, 2.45) is 0 Å². The summed E-state index contributed by atoms with van der Waals surface area (Å²) in [5.41, 5.74) is 3.76. The minimum absolute atomic E-state index is 0.0662. The van der Waals surface area contributed by atoms with E-state index in [0.717, 1.165) is 33.9 Å². The van der Waals surface area contributed by atoms with E-state index < -0.39 is 0 Å². The van der Waals surface area contributed by atoms with Crippen molar-refractivity contribution in [3.8, 4) is 5.69 Å². The number of rotatable bonds is 8. The quantitative estimate of drug-likeness (QED) is 0.326. The molecular formula is C23H23N5OS. The number of para-hydroxylation sites is 1. The van der Waals surface area contributed by atoms with Crippen LogP contribution in [0, 0.1) is 0 Å². The first-order chi connectivity index (χ1) is 14.7. The highest BCUT2D eigenvalue weighted by Gasteiger charge is 2.13. The third kappa shape index (κ3) is 4.68. The first kappa shape index (κ1) is 20.1. The minimum Gasteiger partial charge on any atom is -0.325 e. The molecule has 2 aromatic heterocycles. The molecule has 0 aliphatic rings. The Hall–Kier alpha value is -3.19. The normalized spacial score (nSPS) is 11.0. The Bertz CT molecular complexity index is 1130. The summed E-state index contributed by atoms with van der Waals surface area (Å²) in [5, 5.41) is 8.98. The molecule has 1 amide bonds. The van der Waals surface area contributed by atoms with Crippen LogP contribution in [0.15, 0.2) is 72.1 Å². The number of nitrogens with one attached hydrogen (secondary N) is 1. The van der Waals surface area contributed by atoms with Crippen LogP contribution >= 0.6 is 11.8 Å². The fourth-order valence-corrected chi connectivity index (χ4v) is 3.92. The van der Waals surface area contributed by atoms with E-state index >= 15 is 0 Å². The number of thioether (sulfide) groups is 1. The fraction of sp³-hybridized carbons (Fsp3) is 0.217. The monoisotopic (exact) mass is 417 g/mol. The van der Waals surface area contributed by atoms with Gasteiger partial charge in [0, 0.05) is 5.69 Å². The van der Waals surface area contributed by atoms with Crippen molar-refractivity contribution in [2.45, 2.75) is 31.2 Å². The first-order valence-corrected chi connectivity index (χ1v) is 11.0. The molecule has 0 bridgehead atoms. The number of hydrogen-bond donors (Lipinski definition) is 1. The Kier molecular flexibility index (Phi) is 6.39. The summed E-state index contributed by atoms with van der Waals surface area (Å²) >= 11 is 1.38. The Morgan fingerprint density at radius 2 is 1.87 bits per heavy atom. The molecule has 2 aromatic carbocycles. The molecule has 4 rings (SSSR count). The van der Waals surface area contributed by atoms with Crippen molar-refractivity contribution < 1.29 is 4.79 Å². The van der Waals surface area contributed by atoms with Crippen molar-refractivity contribution in [1.82, 2.24) is 19.7 Å². The zero-order chi connectivity index (χ0) is 20.8. The molecule has 0 saturated heterocycles. The van der Waals surface area contributed by atoms with Gasteiger partial charge in [-0.15, -0.1) is 0 Å². The lowest BCUT2D eigenvalue weighted by Crippen LogP contribution is -2.14. The van der Waals surface area contributed by atoms with Crippen molar-refractivity contribution in [2.75, 3.05) is 11.1 Å². The second kappa shape index (κ2) is 9.54. The molecule has 1 N–H and O–H groups in total. The standard InChI is InChI=1S/C23H23N5OS/c1-2-3-7-17-10-12-18(13-11-17)27-21(29)15-30-23-20-14-26-28(22(20)24-16-25-23)19-8-5-4-6-9-19/h4-6,8-14,16H,2-3,7,15H2,1H3,(H,27,29). The van der Waals surface area contributed by atoms with Gasteiger partial charge in [-0.05, 0) is 42.7 Å². The number of carbonyl (C=O) groups is 1. The van der Waals surface area contributed by atoms with Crippen LogP contribution in [0.3, 0.4) is 0 Å². The molecule has 4 aromatic rings. The highest BCUT2D eigenvalue weighted by Crippen LogP contribution is 2.26. The maximum atomic E-state index is 12.4. The summed E-state index contributed by atoms with van der Waals surface area (Å²) in [6, 6.07) is 17.9. The van der Waals surface area contributed by atoms with Crippen molar-refractivity contribution in [1.29, 1.82) is 0 Å². The van der Waals surface area contributed by atoms with Gasteiger partial charge in [0.15, 0.2) is 5.65 Å². The highest BCUT2D eigenvalue weighted by molar-refractivity contribution is 8.00. The molecule has 2 heterocycles. The van der Waals surface area contributed by atoms with Gasteiger partial charge >= 0.3 is 0 Å². The second-order valence-electron chi connectivity index (χ2n) is 6.95. The lowest BCUT2D eigenvalue weighted by atomic mass is 10.1. The molecule has 7 heteroatoms. The van der Waals surface area contributed by atoms with Crippen LogP contribution in [-0.4, -0.2) is 31.4 Å². The van der Waals surface area contributed by atoms with Crippen LogP contribution < -0.4 is 5.32 Å². The van der Waals surface area contributed by atoms with Gasteiger partial charge in [0.2, 0.25) is 5.91 Å². The summed E-state index contributed by atoms with van der Waals surface area (Å²) < 4.78 is 1.78. The zero-order valence-electron chi connectivity index (χ0n) is 16.8. The summed E-state index contributed by atoms with van der Waals surface area (Å²) in [6.07, 6.45) is 6.68. The number of carbonyl (C=O) groups excluding carboxylic acids is 1. The number of hydrogen-bond acceptors (Lipinski definition) is 5. The maximum absolute atomic E-state index is 12.4. The van der Waals surface area contributed by atoms with Gasteiger partial charge in [-0.3, -0.25) is 4.79 Å². The van der Waals surface area contributed by atoms with Crippen molar-refractivity contribution >= 4 is 34.4 Å². The number of benzene rings is 2. The van der Waals surface area contributed by atoms with Crippen LogP contribution in [0.5, 0.6) is 0 Å². The van der Waals surface area contributed by atoms with Gasteiger partial charge in [-0.25, -0.2) is 14.6 Å². The molecule has 0 fully saturated rings. The predicted molar refractivity (Wildman–Crippen MR) is 121 cm³/mol. The SMILES string of the molecule is CCCCc1ccc(NC(=O)CSc2ncnc3c2cnn3-c2ccccc2)cc1. The van der Waals surface area contributed by atoms with E-state index in [4.69, 9.17) is 0 Å². The lowest BCUT2D eigenvalue weighted by Gasteiger charge is -2.07. The van der Waals surface area contributed by atoms with E-state index in [0.29, 0.717) is 0 Å². The van der Waals surface area contributed by atoms with E-state index in [9.17, 15) is 4.79 Å². The van der Waals surface area contributed by atoms with E-state index in [1.54, 1.807) is 10.9 Å². The number of aryl methyl sites for hydroxylation is 1. The summed E-state index contributed by atoms with van der Waals surface area (Å²) in [4.78, 5) is 21.1. The minimum atomic E-state index is -0.0662. The molecule has 0 atom stereocenters. The first-order valence-electron chi connectivity index (χ1n) is 10.0. The number of amides is 1. The van der Waals surface area contributed by atoms with Gasteiger partial charge in [0.25, 0.3) is 0 Å². The third-order valence-corrected chi connectivity index (χ3v) is 5.73. The van der Waals surface area contributed by atoms with Crippen LogP contribution in [0.4, 0.5) is 5.69 Å². The molecular weight excluding hydrogens is 394 g/mol. The molecule has 0 aliphatic heterocycles. The van der Waals surface area contributed by atoms with Crippen LogP contribution in [0.25, 0.3) is 16.7 Å². The largest absolute Gasteiger partial charge is 0.325 e. The molecule has 0 spiro atoms. The second-order valence-corrected chi connectivity index (χ2v) is 7.91. The molecule has 0 aliphatic carbocycles. The number of unbranched alkanes of at least 4 members (excludes halogenated alkanes) is 1. The summed E-state index contributed by atoms with van der Waals surface area (Å²) in [6.45, 7) is 2.18. The lowest BCUT2D eigenvalue weighted by molar-refractivity contribution is -0.113. The highest BCUT2D eigenvalue weighted by atomic mass is 32.2. The molecule has 152 valence electrons. The van der Waals surface area contributed by atoms with Crippen LogP contribution in [0.1, 0.15) is 25.3 Å². The van der Waals surface area contributed by atoms with Gasteiger partial charge in [-0.2, -0.15) is 5.10 Å². The maximum Gasteiger partial charge on any atom is 0.234 e. The number of anilines is 1. The smallest absolute Gasteiger partial charge is 0.234 e. The Labute approximate surface area is 179 Å². The van der Waals surface area contributed by atoms with E-state index in [-0.39, 0.29) is 11.7 Å². The molecule has 0 saturated carbocycles. The Morgan fingerprint density at radius 1 is 1.07 bits per heavy atom.